The molecule has 0 aromatic rings. The number of carbonyl (C=O) groups is 1. The number of hydrogen-bond donors (Lipinski definition) is 1. The summed E-state index contributed by atoms with van der Waals surface area (Å²) in [5.41, 5.74) is 5.51. The van der Waals surface area contributed by atoms with E-state index in [-0.39, 0.29) is 11.9 Å². The molecule has 1 heterocycles. The Hall–Kier alpha value is -0.650. The van der Waals surface area contributed by atoms with Crippen molar-refractivity contribution in [2.24, 2.45) is 5.73 Å². The predicted molar refractivity (Wildman–Crippen MR) is 69.8 cm³/mol. The van der Waals surface area contributed by atoms with Crippen LogP contribution >= 0.6 is 0 Å². The van der Waals surface area contributed by atoms with E-state index in [1.807, 2.05) is 21.0 Å². The van der Waals surface area contributed by atoms with Gasteiger partial charge in [-0.3, -0.25) is 9.69 Å². The smallest absolute Gasteiger partial charge is 0.239 e. The zero-order valence-electron chi connectivity index (χ0n) is 11.4. The van der Waals surface area contributed by atoms with Gasteiger partial charge in [0.2, 0.25) is 5.91 Å². The fourth-order valence-electron chi connectivity index (χ4n) is 2.22. The summed E-state index contributed by atoms with van der Waals surface area (Å²) in [5, 5.41) is 0. The molecule has 0 aliphatic carbocycles. The zero-order chi connectivity index (χ0) is 12.8. The largest absolute Gasteiger partial charge is 0.347 e. The number of piperazine rings is 1. The third-order valence-corrected chi connectivity index (χ3v) is 3.43. The van der Waals surface area contributed by atoms with Crippen LogP contribution in [0.25, 0.3) is 0 Å². The van der Waals surface area contributed by atoms with Crippen LogP contribution in [0.2, 0.25) is 0 Å². The molecule has 0 bridgehead atoms. The SMILES string of the molecule is CC(C(=O)N(C)C)N1CCN(CCCN)CC1. The second-order valence-corrected chi connectivity index (χ2v) is 4.93. The van der Waals surface area contributed by atoms with E-state index < -0.39 is 0 Å². The molecular weight excluding hydrogens is 216 g/mol. The average molecular weight is 242 g/mol. The molecule has 1 unspecified atom stereocenters. The standard InChI is InChI=1S/C12H26N4O/c1-11(12(17)14(2)3)16-9-7-15(8-10-16)6-4-5-13/h11H,4-10,13H2,1-3H3. The average Bonchev–Trinajstić information content (AvgIpc) is 2.35. The van der Waals surface area contributed by atoms with E-state index in [1.165, 1.54) is 0 Å². The van der Waals surface area contributed by atoms with Gasteiger partial charge in [0.1, 0.15) is 0 Å². The molecule has 100 valence electrons. The minimum atomic E-state index is 0.00154. The molecule has 2 N–H and O–H groups in total. The van der Waals surface area contributed by atoms with Crippen LogP contribution in [0.3, 0.4) is 0 Å². The first-order valence-corrected chi connectivity index (χ1v) is 6.44. The number of hydrogen-bond acceptors (Lipinski definition) is 4. The van der Waals surface area contributed by atoms with Gasteiger partial charge in [0.05, 0.1) is 6.04 Å². The highest BCUT2D eigenvalue weighted by atomic mass is 16.2. The summed E-state index contributed by atoms with van der Waals surface area (Å²) in [7, 11) is 3.63. The number of nitrogens with two attached hydrogens (primary N) is 1. The van der Waals surface area contributed by atoms with E-state index in [2.05, 4.69) is 9.80 Å². The maximum atomic E-state index is 11.8. The number of amides is 1. The Kier molecular flexibility index (Phi) is 5.88. The lowest BCUT2D eigenvalue weighted by Crippen LogP contribution is -2.53. The number of likely N-dealkylation sites (N-methyl/N-ethyl adjacent to an activating group) is 1. The molecule has 1 atom stereocenters. The lowest BCUT2D eigenvalue weighted by Gasteiger charge is -2.38. The first-order valence-electron chi connectivity index (χ1n) is 6.44. The Morgan fingerprint density at radius 2 is 1.88 bits per heavy atom. The molecule has 1 aliphatic heterocycles. The lowest BCUT2D eigenvalue weighted by atomic mass is 10.2. The quantitative estimate of drug-likeness (QED) is 0.701. The van der Waals surface area contributed by atoms with Gasteiger partial charge in [-0.2, -0.15) is 0 Å². The van der Waals surface area contributed by atoms with Gasteiger partial charge in [-0.15, -0.1) is 0 Å². The summed E-state index contributed by atoms with van der Waals surface area (Å²) < 4.78 is 0. The molecule has 0 aromatic carbocycles. The van der Waals surface area contributed by atoms with E-state index in [1.54, 1.807) is 4.90 Å². The highest BCUT2D eigenvalue weighted by molar-refractivity contribution is 5.80. The molecular formula is C12H26N4O. The number of rotatable bonds is 5. The minimum Gasteiger partial charge on any atom is -0.347 e. The van der Waals surface area contributed by atoms with Crippen molar-refractivity contribution < 1.29 is 4.79 Å². The molecule has 1 fully saturated rings. The molecule has 17 heavy (non-hydrogen) atoms. The Labute approximate surface area is 105 Å². The second-order valence-electron chi connectivity index (χ2n) is 4.93. The van der Waals surface area contributed by atoms with Gasteiger partial charge >= 0.3 is 0 Å². The molecule has 5 heteroatoms. The van der Waals surface area contributed by atoms with Crippen LogP contribution in [0.15, 0.2) is 0 Å². The maximum absolute atomic E-state index is 11.8. The van der Waals surface area contributed by atoms with Crippen LogP contribution in [0, 0.1) is 0 Å². The van der Waals surface area contributed by atoms with Crippen molar-refractivity contribution in [3.8, 4) is 0 Å². The topological polar surface area (TPSA) is 52.8 Å². The van der Waals surface area contributed by atoms with Crippen LogP contribution in [-0.4, -0.2) is 80.0 Å². The van der Waals surface area contributed by atoms with E-state index in [0.29, 0.717) is 0 Å². The molecule has 0 spiro atoms. The zero-order valence-corrected chi connectivity index (χ0v) is 11.4. The normalized spacial score (nSPS) is 20.2. The van der Waals surface area contributed by atoms with Gasteiger partial charge in [0, 0.05) is 40.3 Å². The van der Waals surface area contributed by atoms with Gasteiger partial charge in [-0.1, -0.05) is 0 Å². The Morgan fingerprint density at radius 3 is 2.35 bits per heavy atom. The molecule has 1 rings (SSSR count). The molecule has 1 saturated heterocycles. The van der Waals surface area contributed by atoms with Gasteiger partial charge in [0.15, 0.2) is 0 Å². The second kappa shape index (κ2) is 6.93. The summed E-state index contributed by atoms with van der Waals surface area (Å²) in [6.07, 6.45) is 1.06. The van der Waals surface area contributed by atoms with Gasteiger partial charge in [-0.05, 0) is 26.4 Å². The predicted octanol–water partition coefficient (Wildman–Crippen LogP) is -0.570. The molecule has 0 aromatic heterocycles. The fraction of sp³-hybridized carbons (Fsp3) is 0.917. The van der Waals surface area contributed by atoms with Gasteiger partial charge in [-0.25, -0.2) is 0 Å². The third-order valence-electron chi connectivity index (χ3n) is 3.43. The summed E-state index contributed by atoms with van der Waals surface area (Å²) in [6, 6.07) is 0.00154. The third kappa shape index (κ3) is 4.26. The van der Waals surface area contributed by atoms with Crippen molar-refractivity contribution in [1.29, 1.82) is 0 Å². The van der Waals surface area contributed by atoms with E-state index in [9.17, 15) is 4.79 Å². The van der Waals surface area contributed by atoms with Crippen LogP contribution in [-0.2, 0) is 4.79 Å². The Bertz CT molecular complexity index is 237. The fourth-order valence-corrected chi connectivity index (χ4v) is 2.22. The van der Waals surface area contributed by atoms with Crippen LogP contribution in [0.5, 0.6) is 0 Å². The molecule has 5 nitrogen and oxygen atoms in total. The Morgan fingerprint density at radius 1 is 1.29 bits per heavy atom. The lowest BCUT2D eigenvalue weighted by molar-refractivity contribution is -0.134. The van der Waals surface area contributed by atoms with Gasteiger partial charge in [0.25, 0.3) is 0 Å². The molecule has 0 radical (unpaired) electrons. The van der Waals surface area contributed by atoms with Crippen molar-refractivity contribution in [3.63, 3.8) is 0 Å². The number of carbonyl (C=O) groups excluding carboxylic acids is 1. The monoisotopic (exact) mass is 242 g/mol. The Balaban J connectivity index is 2.33. The highest BCUT2D eigenvalue weighted by Gasteiger charge is 2.25. The van der Waals surface area contributed by atoms with Gasteiger partial charge < -0.3 is 15.5 Å². The molecule has 1 amide bonds. The van der Waals surface area contributed by atoms with Crippen molar-refractivity contribution in [2.75, 3.05) is 53.4 Å². The number of nitrogens with zero attached hydrogens (tertiary/aromatic N) is 3. The molecule has 1 aliphatic rings. The van der Waals surface area contributed by atoms with Crippen LogP contribution in [0.1, 0.15) is 13.3 Å². The minimum absolute atomic E-state index is 0.00154. The highest BCUT2D eigenvalue weighted by Crippen LogP contribution is 2.08. The molecule has 0 saturated carbocycles. The summed E-state index contributed by atoms with van der Waals surface area (Å²) in [4.78, 5) is 18.2. The van der Waals surface area contributed by atoms with Crippen molar-refractivity contribution >= 4 is 5.91 Å². The van der Waals surface area contributed by atoms with Crippen LogP contribution in [0.4, 0.5) is 0 Å². The summed E-state index contributed by atoms with van der Waals surface area (Å²) >= 11 is 0. The van der Waals surface area contributed by atoms with E-state index in [4.69, 9.17) is 5.73 Å². The van der Waals surface area contributed by atoms with Crippen molar-refractivity contribution in [3.05, 3.63) is 0 Å². The first kappa shape index (κ1) is 14.4. The van der Waals surface area contributed by atoms with Crippen molar-refractivity contribution in [2.45, 2.75) is 19.4 Å². The summed E-state index contributed by atoms with van der Waals surface area (Å²) in [6.45, 7) is 7.89. The van der Waals surface area contributed by atoms with Crippen molar-refractivity contribution in [1.82, 2.24) is 14.7 Å². The first-order chi connectivity index (χ1) is 8.06. The van der Waals surface area contributed by atoms with Crippen LogP contribution < -0.4 is 5.73 Å². The summed E-state index contributed by atoms with van der Waals surface area (Å²) in [5.74, 6) is 0.195. The van der Waals surface area contributed by atoms with E-state index in [0.717, 1.165) is 45.7 Å². The van der Waals surface area contributed by atoms with E-state index >= 15 is 0 Å². The maximum Gasteiger partial charge on any atom is 0.239 e.